The SMILES string of the molecule is C[C@H](OC(=O)c1cccc2c1O[C@@H](C)[C@H]2C)C(=O)N1CCc2ccccc21. The van der Waals surface area contributed by atoms with Gasteiger partial charge < -0.3 is 14.4 Å². The molecule has 140 valence electrons. The highest BCUT2D eigenvalue weighted by Crippen LogP contribution is 2.40. The maximum atomic E-state index is 12.8. The fourth-order valence-corrected chi connectivity index (χ4v) is 3.81. The summed E-state index contributed by atoms with van der Waals surface area (Å²) in [5, 5.41) is 0. The number of rotatable bonds is 3. The van der Waals surface area contributed by atoms with Gasteiger partial charge in [-0.3, -0.25) is 4.79 Å². The lowest BCUT2D eigenvalue weighted by Crippen LogP contribution is -2.39. The molecule has 0 radical (unpaired) electrons. The van der Waals surface area contributed by atoms with Gasteiger partial charge in [-0.25, -0.2) is 4.79 Å². The molecule has 2 aromatic rings. The normalized spacial score (nSPS) is 21.2. The van der Waals surface area contributed by atoms with Crippen LogP contribution in [0.3, 0.4) is 0 Å². The minimum absolute atomic E-state index is 0.00843. The van der Waals surface area contributed by atoms with Crippen molar-refractivity contribution >= 4 is 17.6 Å². The number of benzene rings is 2. The number of amides is 1. The van der Waals surface area contributed by atoms with Crippen molar-refractivity contribution in [1.29, 1.82) is 0 Å². The molecule has 0 saturated carbocycles. The van der Waals surface area contributed by atoms with Crippen molar-refractivity contribution in [2.24, 2.45) is 0 Å². The van der Waals surface area contributed by atoms with Gasteiger partial charge in [-0.1, -0.05) is 37.3 Å². The second-order valence-corrected chi connectivity index (χ2v) is 7.25. The van der Waals surface area contributed by atoms with Crippen LogP contribution < -0.4 is 9.64 Å². The van der Waals surface area contributed by atoms with Gasteiger partial charge in [0.2, 0.25) is 0 Å². The number of nitrogens with zero attached hydrogens (tertiary/aromatic N) is 1. The molecule has 4 rings (SSSR count). The Morgan fingerprint density at radius 1 is 1.15 bits per heavy atom. The predicted molar refractivity (Wildman–Crippen MR) is 102 cm³/mol. The molecule has 0 spiro atoms. The largest absolute Gasteiger partial charge is 0.489 e. The average Bonchev–Trinajstić information content (AvgIpc) is 3.22. The summed E-state index contributed by atoms with van der Waals surface area (Å²) >= 11 is 0. The fraction of sp³-hybridized carbons (Fsp3) is 0.364. The lowest BCUT2D eigenvalue weighted by molar-refractivity contribution is -0.126. The van der Waals surface area contributed by atoms with Gasteiger partial charge in [-0.15, -0.1) is 0 Å². The molecule has 5 nitrogen and oxygen atoms in total. The van der Waals surface area contributed by atoms with Crippen LogP contribution in [-0.4, -0.2) is 30.6 Å². The van der Waals surface area contributed by atoms with Crippen molar-refractivity contribution in [3.8, 4) is 5.75 Å². The Bertz CT molecular complexity index is 907. The summed E-state index contributed by atoms with van der Waals surface area (Å²) in [6.45, 7) is 6.29. The zero-order valence-corrected chi connectivity index (χ0v) is 15.8. The Morgan fingerprint density at radius 2 is 1.93 bits per heavy atom. The van der Waals surface area contributed by atoms with E-state index >= 15 is 0 Å². The third kappa shape index (κ3) is 2.97. The van der Waals surface area contributed by atoms with Crippen LogP contribution in [0.5, 0.6) is 5.75 Å². The summed E-state index contributed by atoms with van der Waals surface area (Å²) in [6, 6.07) is 13.3. The summed E-state index contributed by atoms with van der Waals surface area (Å²) in [5.74, 6) is 0.0617. The van der Waals surface area contributed by atoms with Gasteiger partial charge in [0, 0.05) is 23.7 Å². The number of anilines is 1. The van der Waals surface area contributed by atoms with Crippen molar-refractivity contribution < 1.29 is 19.1 Å². The van der Waals surface area contributed by atoms with E-state index in [1.807, 2.05) is 43.3 Å². The van der Waals surface area contributed by atoms with Gasteiger partial charge in [0.15, 0.2) is 6.10 Å². The number of carbonyl (C=O) groups excluding carboxylic acids is 2. The number of para-hydroxylation sites is 2. The Kier molecular flexibility index (Phi) is 4.38. The van der Waals surface area contributed by atoms with Crippen molar-refractivity contribution in [3.05, 3.63) is 59.2 Å². The van der Waals surface area contributed by atoms with Crippen LogP contribution in [0.15, 0.2) is 42.5 Å². The number of ether oxygens (including phenoxy) is 2. The van der Waals surface area contributed by atoms with Crippen LogP contribution in [0.2, 0.25) is 0 Å². The van der Waals surface area contributed by atoms with E-state index in [0.717, 1.165) is 23.2 Å². The maximum absolute atomic E-state index is 12.8. The first-order valence-electron chi connectivity index (χ1n) is 9.37. The van der Waals surface area contributed by atoms with Crippen LogP contribution in [-0.2, 0) is 16.0 Å². The highest BCUT2D eigenvalue weighted by molar-refractivity contribution is 6.01. The van der Waals surface area contributed by atoms with E-state index in [1.165, 1.54) is 0 Å². The first kappa shape index (κ1) is 17.6. The standard InChI is InChI=1S/C22H23NO4/c1-13-14(2)26-20-17(13)8-6-9-18(20)22(25)27-15(3)21(24)23-12-11-16-7-4-5-10-19(16)23/h4-10,13-15H,11-12H2,1-3H3/t13-,14+,15+/m1/s1. The molecule has 0 aliphatic carbocycles. The van der Waals surface area contributed by atoms with Gasteiger partial charge in [0.05, 0.1) is 0 Å². The van der Waals surface area contributed by atoms with Gasteiger partial charge >= 0.3 is 5.97 Å². The van der Waals surface area contributed by atoms with Gasteiger partial charge in [-0.05, 0) is 38.0 Å². The lowest BCUT2D eigenvalue weighted by atomic mass is 9.97. The molecule has 0 saturated heterocycles. The number of hydrogen-bond donors (Lipinski definition) is 0. The average molecular weight is 365 g/mol. The van der Waals surface area contributed by atoms with Crippen molar-refractivity contribution in [2.75, 3.05) is 11.4 Å². The van der Waals surface area contributed by atoms with Crippen LogP contribution in [0, 0.1) is 0 Å². The van der Waals surface area contributed by atoms with Crippen LogP contribution >= 0.6 is 0 Å². The number of carbonyl (C=O) groups is 2. The zero-order chi connectivity index (χ0) is 19.1. The third-order valence-electron chi connectivity index (χ3n) is 5.55. The van der Waals surface area contributed by atoms with Gasteiger partial charge in [-0.2, -0.15) is 0 Å². The van der Waals surface area contributed by atoms with Crippen molar-refractivity contribution in [2.45, 2.75) is 45.3 Å². The molecule has 2 heterocycles. The van der Waals surface area contributed by atoms with E-state index in [-0.39, 0.29) is 17.9 Å². The van der Waals surface area contributed by atoms with Crippen LogP contribution in [0.4, 0.5) is 5.69 Å². The first-order chi connectivity index (χ1) is 13.0. The van der Waals surface area contributed by atoms with Gasteiger partial charge in [0.25, 0.3) is 5.91 Å². The molecular formula is C22H23NO4. The topological polar surface area (TPSA) is 55.8 Å². The Labute approximate surface area is 158 Å². The quantitative estimate of drug-likeness (QED) is 0.778. The van der Waals surface area contributed by atoms with E-state index < -0.39 is 12.1 Å². The maximum Gasteiger partial charge on any atom is 0.342 e. The van der Waals surface area contributed by atoms with E-state index in [1.54, 1.807) is 17.9 Å². The Balaban J connectivity index is 1.51. The summed E-state index contributed by atoms with van der Waals surface area (Å²) in [7, 11) is 0. The molecule has 0 unspecified atom stereocenters. The molecule has 1 amide bonds. The molecule has 2 aliphatic heterocycles. The van der Waals surface area contributed by atoms with E-state index in [2.05, 4.69) is 6.92 Å². The molecule has 5 heteroatoms. The van der Waals surface area contributed by atoms with Gasteiger partial charge in [0.1, 0.15) is 17.4 Å². The number of hydrogen-bond acceptors (Lipinski definition) is 4. The summed E-state index contributed by atoms with van der Waals surface area (Å²) in [4.78, 5) is 27.2. The monoisotopic (exact) mass is 365 g/mol. The first-order valence-corrected chi connectivity index (χ1v) is 9.37. The number of fused-ring (bicyclic) bond motifs is 2. The summed E-state index contributed by atoms with van der Waals surface area (Å²) in [5.41, 5.74) is 3.42. The molecular weight excluding hydrogens is 342 g/mol. The fourth-order valence-electron chi connectivity index (χ4n) is 3.81. The molecule has 27 heavy (non-hydrogen) atoms. The molecule has 2 aliphatic rings. The second kappa shape index (κ2) is 6.72. The van der Waals surface area contributed by atoms with Crippen LogP contribution in [0.25, 0.3) is 0 Å². The lowest BCUT2D eigenvalue weighted by Gasteiger charge is -2.22. The molecule has 2 aromatic carbocycles. The highest BCUT2D eigenvalue weighted by Gasteiger charge is 2.34. The van der Waals surface area contributed by atoms with Crippen LogP contribution in [0.1, 0.15) is 48.2 Å². The Morgan fingerprint density at radius 3 is 2.74 bits per heavy atom. The second-order valence-electron chi connectivity index (χ2n) is 7.25. The molecule has 0 N–H and O–H groups in total. The summed E-state index contributed by atoms with van der Waals surface area (Å²) < 4.78 is 11.4. The minimum Gasteiger partial charge on any atom is -0.489 e. The summed E-state index contributed by atoms with van der Waals surface area (Å²) in [6.07, 6.45) is -0.0388. The molecule has 0 bridgehead atoms. The molecule has 0 fully saturated rings. The number of esters is 1. The van der Waals surface area contributed by atoms with E-state index in [0.29, 0.717) is 17.9 Å². The Hall–Kier alpha value is -2.82. The highest BCUT2D eigenvalue weighted by atomic mass is 16.6. The van der Waals surface area contributed by atoms with E-state index in [4.69, 9.17) is 9.47 Å². The zero-order valence-electron chi connectivity index (χ0n) is 15.8. The smallest absolute Gasteiger partial charge is 0.342 e. The van der Waals surface area contributed by atoms with E-state index in [9.17, 15) is 9.59 Å². The minimum atomic E-state index is -0.865. The molecule has 3 atom stereocenters. The molecule has 0 aromatic heterocycles. The van der Waals surface area contributed by atoms with Crippen molar-refractivity contribution in [1.82, 2.24) is 0 Å². The third-order valence-corrected chi connectivity index (χ3v) is 5.55. The van der Waals surface area contributed by atoms with Crippen molar-refractivity contribution in [3.63, 3.8) is 0 Å². The predicted octanol–water partition coefficient (Wildman–Crippen LogP) is 3.71.